The standard InChI is InChI=1S/C11H20O/c1-9(2)7-11(4)8-10(3)5-6-12-11/h8-9H,5-7H2,1-4H3. The van der Waals surface area contributed by atoms with Gasteiger partial charge >= 0.3 is 0 Å². The Morgan fingerprint density at radius 3 is 2.75 bits per heavy atom. The average molecular weight is 168 g/mol. The molecule has 12 heavy (non-hydrogen) atoms. The van der Waals surface area contributed by atoms with Gasteiger partial charge in [-0.05, 0) is 32.6 Å². The summed E-state index contributed by atoms with van der Waals surface area (Å²) in [7, 11) is 0. The normalized spacial score (nSPS) is 30.6. The molecule has 1 heterocycles. The molecule has 0 amide bonds. The van der Waals surface area contributed by atoms with E-state index in [9.17, 15) is 0 Å². The highest BCUT2D eigenvalue weighted by Gasteiger charge is 2.26. The molecule has 0 radical (unpaired) electrons. The molecule has 1 rings (SSSR count). The number of ether oxygens (including phenoxy) is 1. The highest BCUT2D eigenvalue weighted by Crippen LogP contribution is 2.28. The lowest BCUT2D eigenvalue weighted by Gasteiger charge is -2.32. The number of hydrogen-bond donors (Lipinski definition) is 0. The van der Waals surface area contributed by atoms with Crippen LogP contribution in [-0.2, 0) is 4.74 Å². The van der Waals surface area contributed by atoms with Gasteiger partial charge in [0.15, 0.2) is 0 Å². The van der Waals surface area contributed by atoms with E-state index in [4.69, 9.17) is 4.74 Å². The van der Waals surface area contributed by atoms with Gasteiger partial charge in [-0.25, -0.2) is 0 Å². The minimum Gasteiger partial charge on any atom is -0.371 e. The van der Waals surface area contributed by atoms with Crippen molar-refractivity contribution in [3.8, 4) is 0 Å². The summed E-state index contributed by atoms with van der Waals surface area (Å²) < 4.78 is 5.77. The monoisotopic (exact) mass is 168 g/mol. The van der Waals surface area contributed by atoms with Crippen LogP contribution in [0.5, 0.6) is 0 Å². The van der Waals surface area contributed by atoms with Gasteiger partial charge in [-0.1, -0.05) is 25.5 Å². The van der Waals surface area contributed by atoms with E-state index in [2.05, 4.69) is 33.8 Å². The third kappa shape index (κ3) is 2.63. The van der Waals surface area contributed by atoms with Crippen LogP contribution in [0.25, 0.3) is 0 Å². The van der Waals surface area contributed by atoms with Gasteiger partial charge in [0.25, 0.3) is 0 Å². The van der Waals surface area contributed by atoms with Crippen LogP contribution in [0.15, 0.2) is 11.6 Å². The Balaban J connectivity index is 2.63. The topological polar surface area (TPSA) is 9.23 Å². The molecule has 1 aliphatic rings. The highest BCUT2D eigenvalue weighted by atomic mass is 16.5. The maximum atomic E-state index is 5.77. The van der Waals surface area contributed by atoms with Crippen molar-refractivity contribution in [2.24, 2.45) is 5.92 Å². The fourth-order valence-electron chi connectivity index (χ4n) is 2.01. The lowest BCUT2D eigenvalue weighted by molar-refractivity contribution is -0.0164. The SMILES string of the molecule is CC1=CC(C)(CC(C)C)OCC1. The van der Waals surface area contributed by atoms with Crippen LogP contribution in [0.3, 0.4) is 0 Å². The van der Waals surface area contributed by atoms with E-state index < -0.39 is 0 Å². The minimum absolute atomic E-state index is 0.0104. The average Bonchev–Trinajstić information content (AvgIpc) is 1.82. The molecule has 1 aliphatic heterocycles. The smallest absolute Gasteiger partial charge is 0.0839 e. The molecule has 1 heteroatoms. The van der Waals surface area contributed by atoms with Gasteiger partial charge in [-0.2, -0.15) is 0 Å². The first-order chi connectivity index (χ1) is 5.52. The predicted octanol–water partition coefficient (Wildman–Crippen LogP) is 3.16. The van der Waals surface area contributed by atoms with Crippen LogP contribution < -0.4 is 0 Å². The second-order valence-corrected chi connectivity index (χ2v) is 4.50. The fraction of sp³-hybridized carbons (Fsp3) is 0.818. The van der Waals surface area contributed by atoms with Gasteiger partial charge in [0.1, 0.15) is 0 Å². The van der Waals surface area contributed by atoms with Crippen molar-refractivity contribution >= 4 is 0 Å². The zero-order valence-electron chi connectivity index (χ0n) is 8.68. The number of hydrogen-bond acceptors (Lipinski definition) is 1. The van der Waals surface area contributed by atoms with Crippen molar-refractivity contribution in [1.29, 1.82) is 0 Å². The Kier molecular flexibility index (Phi) is 2.94. The lowest BCUT2D eigenvalue weighted by Crippen LogP contribution is -2.31. The van der Waals surface area contributed by atoms with E-state index in [1.807, 2.05) is 0 Å². The van der Waals surface area contributed by atoms with Crippen LogP contribution >= 0.6 is 0 Å². The summed E-state index contributed by atoms with van der Waals surface area (Å²) in [5.74, 6) is 0.706. The van der Waals surface area contributed by atoms with Gasteiger partial charge in [-0.3, -0.25) is 0 Å². The zero-order valence-corrected chi connectivity index (χ0v) is 8.68. The molecule has 0 aromatic heterocycles. The van der Waals surface area contributed by atoms with Gasteiger partial charge in [0.2, 0.25) is 0 Å². The van der Waals surface area contributed by atoms with Crippen molar-refractivity contribution in [2.75, 3.05) is 6.61 Å². The van der Waals surface area contributed by atoms with Crippen LogP contribution in [0.1, 0.15) is 40.5 Å². The second-order valence-electron chi connectivity index (χ2n) is 4.50. The molecule has 0 spiro atoms. The summed E-state index contributed by atoms with van der Waals surface area (Å²) in [5, 5.41) is 0. The van der Waals surface area contributed by atoms with E-state index in [1.54, 1.807) is 0 Å². The van der Waals surface area contributed by atoms with Crippen molar-refractivity contribution < 1.29 is 4.74 Å². The van der Waals surface area contributed by atoms with E-state index in [-0.39, 0.29) is 5.60 Å². The molecule has 0 aromatic carbocycles. The van der Waals surface area contributed by atoms with Crippen molar-refractivity contribution in [3.05, 3.63) is 11.6 Å². The molecule has 0 fully saturated rings. The summed E-state index contributed by atoms with van der Waals surface area (Å²) in [6, 6.07) is 0. The Morgan fingerprint density at radius 2 is 2.25 bits per heavy atom. The van der Waals surface area contributed by atoms with Gasteiger partial charge in [-0.15, -0.1) is 0 Å². The summed E-state index contributed by atoms with van der Waals surface area (Å²) in [5.41, 5.74) is 1.49. The molecule has 1 unspecified atom stereocenters. The maximum Gasteiger partial charge on any atom is 0.0839 e. The Hall–Kier alpha value is -0.300. The zero-order chi connectivity index (χ0) is 9.19. The van der Waals surface area contributed by atoms with Crippen LogP contribution in [0.4, 0.5) is 0 Å². The first-order valence-electron chi connectivity index (χ1n) is 4.84. The quantitative estimate of drug-likeness (QED) is 0.575. The number of rotatable bonds is 2. The molecule has 0 bridgehead atoms. The molecule has 0 aromatic rings. The van der Waals surface area contributed by atoms with Gasteiger partial charge in [0.05, 0.1) is 12.2 Å². The van der Waals surface area contributed by atoms with Gasteiger partial charge < -0.3 is 4.74 Å². The summed E-state index contributed by atoms with van der Waals surface area (Å²) in [6.07, 6.45) is 4.52. The van der Waals surface area contributed by atoms with E-state index in [0.29, 0.717) is 5.92 Å². The minimum atomic E-state index is 0.0104. The summed E-state index contributed by atoms with van der Waals surface area (Å²) in [4.78, 5) is 0. The van der Waals surface area contributed by atoms with Crippen molar-refractivity contribution in [2.45, 2.75) is 46.1 Å². The van der Waals surface area contributed by atoms with Gasteiger partial charge in [0, 0.05) is 0 Å². The second kappa shape index (κ2) is 3.61. The molecule has 0 saturated heterocycles. The fourth-order valence-corrected chi connectivity index (χ4v) is 2.01. The van der Waals surface area contributed by atoms with Crippen LogP contribution in [0.2, 0.25) is 0 Å². The Labute approximate surface area is 75.8 Å². The molecule has 1 atom stereocenters. The summed E-state index contributed by atoms with van der Waals surface area (Å²) >= 11 is 0. The Bertz CT molecular complexity index is 181. The summed E-state index contributed by atoms with van der Waals surface area (Å²) in [6.45, 7) is 9.76. The first kappa shape index (κ1) is 9.79. The van der Waals surface area contributed by atoms with E-state index in [0.717, 1.165) is 19.4 Å². The molecular formula is C11H20O. The maximum absolute atomic E-state index is 5.77. The molecule has 0 saturated carbocycles. The highest BCUT2D eigenvalue weighted by molar-refractivity contribution is 5.11. The molecule has 70 valence electrons. The largest absolute Gasteiger partial charge is 0.371 e. The van der Waals surface area contributed by atoms with Crippen molar-refractivity contribution in [1.82, 2.24) is 0 Å². The molecule has 1 nitrogen and oxygen atoms in total. The van der Waals surface area contributed by atoms with Crippen LogP contribution in [0, 0.1) is 5.92 Å². The first-order valence-corrected chi connectivity index (χ1v) is 4.84. The Morgan fingerprint density at radius 1 is 1.58 bits per heavy atom. The van der Waals surface area contributed by atoms with Crippen molar-refractivity contribution in [3.63, 3.8) is 0 Å². The molecular weight excluding hydrogens is 148 g/mol. The molecule has 0 aliphatic carbocycles. The van der Waals surface area contributed by atoms with E-state index in [1.165, 1.54) is 5.57 Å². The lowest BCUT2D eigenvalue weighted by atomic mass is 9.90. The third-order valence-electron chi connectivity index (χ3n) is 2.29. The third-order valence-corrected chi connectivity index (χ3v) is 2.29. The van der Waals surface area contributed by atoms with E-state index >= 15 is 0 Å². The predicted molar refractivity (Wildman–Crippen MR) is 52.2 cm³/mol. The molecule has 0 N–H and O–H groups in total. The van der Waals surface area contributed by atoms with Crippen LogP contribution in [-0.4, -0.2) is 12.2 Å².